The van der Waals surface area contributed by atoms with Gasteiger partial charge in [-0.25, -0.2) is 0 Å². The zero-order valence-corrected chi connectivity index (χ0v) is 11.5. The summed E-state index contributed by atoms with van der Waals surface area (Å²) in [5.41, 5.74) is 2.85. The first-order valence-electron chi connectivity index (χ1n) is 6.74. The molecule has 1 N–H and O–H groups in total. The molecule has 0 unspecified atom stereocenters. The van der Waals surface area contributed by atoms with E-state index >= 15 is 0 Å². The van der Waals surface area contributed by atoms with Gasteiger partial charge in [0.1, 0.15) is 0 Å². The van der Waals surface area contributed by atoms with Gasteiger partial charge in [0.25, 0.3) is 0 Å². The first-order chi connectivity index (χ1) is 8.87. The van der Waals surface area contributed by atoms with E-state index in [-0.39, 0.29) is 18.6 Å². The van der Waals surface area contributed by atoms with Crippen LogP contribution in [0.2, 0.25) is 0 Å². The Morgan fingerprint density at radius 3 is 2.53 bits per heavy atom. The first-order valence-corrected chi connectivity index (χ1v) is 6.74. The van der Waals surface area contributed by atoms with Crippen molar-refractivity contribution in [2.75, 3.05) is 0 Å². The van der Waals surface area contributed by atoms with E-state index in [1.54, 1.807) is 0 Å². The van der Waals surface area contributed by atoms with Crippen molar-refractivity contribution < 1.29 is 14.7 Å². The van der Waals surface area contributed by atoms with E-state index in [0.29, 0.717) is 0 Å². The lowest BCUT2D eigenvalue weighted by atomic mass is 9.82. The van der Waals surface area contributed by atoms with E-state index in [0.717, 1.165) is 24.8 Å². The van der Waals surface area contributed by atoms with Crippen LogP contribution in [0.4, 0.5) is 0 Å². The van der Waals surface area contributed by atoms with Crippen LogP contribution in [0.5, 0.6) is 0 Å². The van der Waals surface area contributed by atoms with E-state index in [1.165, 1.54) is 11.1 Å². The van der Waals surface area contributed by atoms with Crippen molar-refractivity contribution in [1.82, 2.24) is 0 Å². The molecule has 3 heteroatoms. The lowest BCUT2D eigenvalue weighted by Gasteiger charge is -2.21. The SMILES string of the molecule is CC(C)(CC(=O)O)CC(=O)c1ccc2c(c1)CCC2. The number of ketones is 1. The number of aryl methyl sites for hydroxylation is 2. The van der Waals surface area contributed by atoms with Crippen molar-refractivity contribution in [3.63, 3.8) is 0 Å². The Bertz CT molecular complexity index is 515. The number of carboxylic acids is 1. The van der Waals surface area contributed by atoms with Crippen molar-refractivity contribution in [2.45, 2.75) is 46.0 Å². The summed E-state index contributed by atoms with van der Waals surface area (Å²) in [6.07, 6.45) is 3.61. The fourth-order valence-electron chi connectivity index (χ4n) is 2.75. The molecule has 0 aromatic heterocycles. The van der Waals surface area contributed by atoms with Gasteiger partial charge in [0.2, 0.25) is 0 Å². The number of benzene rings is 1. The summed E-state index contributed by atoms with van der Waals surface area (Å²) in [6, 6.07) is 5.91. The normalized spacial score (nSPS) is 14.2. The van der Waals surface area contributed by atoms with Crippen LogP contribution in [0.25, 0.3) is 0 Å². The van der Waals surface area contributed by atoms with Gasteiger partial charge in [-0.15, -0.1) is 0 Å². The number of fused-ring (bicyclic) bond motifs is 1. The molecule has 1 aromatic rings. The summed E-state index contributed by atoms with van der Waals surface area (Å²) in [6.45, 7) is 3.65. The minimum absolute atomic E-state index is 0.0175. The smallest absolute Gasteiger partial charge is 0.303 e. The van der Waals surface area contributed by atoms with Crippen LogP contribution in [-0.4, -0.2) is 16.9 Å². The number of Topliss-reactive ketones (excluding diaryl/α,β-unsaturated/α-hetero) is 1. The highest BCUT2D eigenvalue weighted by atomic mass is 16.4. The van der Waals surface area contributed by atoms with Gasteiger partial charge in [0.15, 0.2) is 5.78 Å². The molecule has 0 aliphatic heterocycles. The van der Waals surface area contributed by atoms with Gasteiger partial charge in [-0.3, -0.25) is 9.59 Å². The molecule has 0 fully saturated rings. The summed E-state index contributed by atoms with van der Waals surface area (Å²) >= 11 is 0. The van der Waals surface area contributed by atoms with Crippen molar-refractivity contribution in [3.8, 4) is 0 Å². The number of carboxylic acid groups (broad SMARTS) is 1. The molecule has 3 nitrogen and oxygen atoms in total. The molecule has 19 heavy (non-hydrogen) atoms. The molecule has 1 aliphatic rings. The number of hydrogen-bond acceptors (Lipinski definition) is 2. The van der Waals surface area contributed by atoms with Crippen molar-refractivity contribution >= 4 is 11.8 Å². The van der Waals surface area contributed by atoms with E-state index in [9.17, 15) is 9.59 Å². The predicted octanol–water partition coefficient (Wildman–Crippen LogP) is 3.25. The van der Waals surface area contributed by atoms with Gasteiger partial charge >= 0.3 is 5.97 Å². The van der Waals surface area contributed by atoms with Crippen LogP contribution in [0.3, 0.4) is 0 Å². The molecule has 0 saturated carbocycles. The van der Waals surface area contributed by atoms with E-state index < -0.39 is 11.4 Å². The molecule has 1 aromatic carbocycles. The van der Waals surface area contributed by atoms with Crippen LogP contribution < -0.4 is 0 Å². The maximum absolute atomic E-state index is 12.2. The van der Waals surface area contributed by atoms with Crippen LogP contribution >= 0.6 is 0 Å². The number of carbonyl (C=O) groups is 2. The highest BCUT2D eigenvalue weighted by Crippen LogP contribution is 2.29. The third kappa shape index (κ3) is 3.43. The minimum atomic E-state index is -0.855. The molecule has 2 rings (SSSR count). The molecule has 0 atom stereocenters. The fraction of sp³-hybridized carbons (Fsp3) is 0.500. The van der Waals surface area contributed by atoms with E-state index in [2.05, 4.69) is 0 Å². The molecule has 0 amide bonds. The molecule has 0 heterocycles. The molecule has 0 saturated heterocycles. The minimum Gasteiger partial charge on any atom is -0.481 e. The van der Waals surface area contributed by atoms with E-state index in [4.69, 9.17) is 5.11 Å². The zero-order chi connectivity index (χ0) is 14.0. The maximum Gasteiger partial charge on any atom is 0.303 e. The van der Waals surface area contributed by atoms with Crippen LogP contribution in [0, 0.1) is 5.41 Å². The highest BCUT2D eigenvalue weighted by Gasteiger charge is 2.26. The second-order valence-electron chi connectivity index (χ2n) is 6.17. The summed E-state index contributed by atoms with van der Waals surface area (Å²) in [7, 11) is 0. The summed E-state index contributed by atoms with van der Waals surface area (Å²) in [4.78, 5) is 23.0. The third-order valence-electron chi connectivity index (χ3n) is 3.69. The lowest BCUT2D eigenvalue weighted by Crippen LogP contribution is -2.21. The number of rotatable bonds is 5. The number of carbonyl (C=O) groups excluding carboxylic acids is 1. The van der Waals surface area contributed by atoms with Gasteiger partial charge < -0.3 is 5.11 Å². The summed E-state index contributed by atoms with van der Waals surface area (Å²) in [5, 5.41) is 8.85. The van der Waals surface area contributed by atoms with Crippen molar-refractivity contribution in [3.05, 3.63) is 34.9 Å². The first kappa shape index (κ1) is 13.8. The standard InChI is InChI=1S/C16H20O3/c1-16(2,10-15(18)19)9-14(17)13-7-6-11-4-3-5-12(11)8-13/h6-8H,3-5,9-10H2,1-2H3,(H,18,19). The van der Waals surface area contributed by atoms with Gasteiger partial charge in [0, 0.05) is 12.0 Å². The van der Waals surface area contributed by atoms with Gasteiger partial charge in [-0.1, -0.05) is 26.0 Å². The Morgan fingerprint density at radius 2 is 1.84 bits per heavy atom. The second kappa shape index (κ2) is 5.16. The van der Waals surface area contributed by atoms with Gasteiger partial charge in [-0.2, -0.15) is 0 Å². The van der Waals surface area contributed by atoms with Crippen LogP contribution in [0.15, 0.2) is 18.2 Å². The Labute approximate surface area is 113 Å². The molecule has 0 radical (unpaired) electrons. The molecule has 1 aliphatic carbocycles. The Kier molecular flexibility index (Phi) is 3.74. The molecular formula is C16H20O3. The average Bonchev–Trinajstić information content (AvgIpc) is 2.72. The predicted molar refractivity (Wildman–Crippen MR) is 73.4 cm³/mol. The maximum atomic E-state index is 12.2. The van der Waals surface area contributed by atoms with Gasteiger partial charge in [-0.05, 0) is 41.9 Å². The number of hydrogen-bond donors (Lipinski definition) is 1. The number of aliphatic carboxylic acids is 1. The molecular weight excluding hydrogens is 240 g/mol. The van der Waals surface area contributed by atoms with Crippen LogP contribution in [-0.2, 0) is 17.6 Å². The molecule has 0 spiro atoms. The average molecular weight is 260 g/mol. The van der Waals surface area contributed by atoms with E-state index in [1.807, 2.05) is 32.0 Å². The zero-order valence-electron chi connectivity index (χ0n) is 11.5. The highest BCUT2D eigenvalue weighted by molar-refractivity contribution is 5.97. The second-order valence-corrected chi connectivity index (χ2v) is 6.17. The van der Waals surface area contributed by atoms with Crippen LogP contribution in [0.1, 0.15) is 54.6 Å². The topological polar surface area (TPSA) is 54.4 Å². The quantitative estimate of drug-likeness (QED) is 0.827. The third-order valence-corrected chi connectivity index (χ3v) is 3.69. The van der Waals surface area contributed by atoms with Gasteiger partial charge in [0.05, 0.1) is 6.42 Å². The summed E-state index contributed by atoms with van der Waals surface area (Å²) < 4.78 is 0. The Morgan fingerprint density at radius 1 is 1.16 bits per heavy atom. The summed E-state index contributed by atoms with van der Waals surface area (Å²) in [5.74, 6) is -0.812. The largest absolute Gasteiger partial charge is 0.481 e. The Hall–Kier alpha value is -1.64. The molecule has 102 valence electrons. The van der Waals surface area contributed by atoms with Crippen molar-refractivity contribution in [1.29, 1.82) is 0 Å². The molecule has 0 bridgehead atoms. The lowest BCUT2D eigenvalue weighted by molar-refractivity contribution is -0.139. The van der Waals surface area contributed by atoms with Crippen molar-refractivity contribution in [2.24, 2.45) is 5.41 Å². The fourth-order valence-corrected chi connectivity index (χ4v) is 2.75. The Balaban J connectivity index is 2.10. The monoisotopic (exact) mass is 260 g/mol.